The first-order chi connectivity index (χ1) is 6.28. The lowest BCUT2D eigenvalue weighted by Crippen LogP contribution is -2.07. The molecule has 0 N–H and O–H groups in total. The van der Waals surface area contributed by atoms with Crippen LogP contribution in [0.1, 0.15) is 66.2 Å². The van der Waals surface area contributed by atoms with E-state index in [4.69, 9.17) is 0 Å². The molecule has 0 aromatic carbocycles. The Labute approximate surface area is 86.7 Å². The van der Waals surface area contributed by atoms with Crippen molar-refractivity contribution in [3.8, 4) is 0 Å². The molecule has 0 aliphatic carbocycles. The topological polar surface area (TPSA) is 0 Å². The summed E-state index contributed by atoms with van der Waals surface area (Å²) in [6.45, 7) is 9.33. The quantitative estimate of drug-likeness (QED) is 0.495. The van der Waals surface area contributed by atoms with Gasteiger partial charge in [0.2, 0.25) is 0 Å². The number of hydrogen-bond donors (Lipinski definition) is 0. The summed E-state index contributed by atoms with van der Waals surface area (Å²) < 4.78 is 0. The van der Waals surface area contributed by atoms with E-state index in [0.29, 0.717) is 0 Å². The molecule has 0 nitrogen and oxygen atoms in total. The van der Waals surface area contributed by atoms with Gasteiger partial charge in [0.05, 0.1) is 0 Å². The Bertz CT molecular complexity index is 89.3. The minimum Gasteiger partial charge on any atom is -0.116 e. The van der Waals surface area contributed by atoms with Crippen LogP contribution in [0.3, 0.4) is 0 Å². The van der Waals surface area contributed by atoms with Crippen LogP contribution >= 0.6 is 8.58 Å². The monoisotopic (exact) mass is 202 g/mol. The minimum atomic E-state index is 1.03. The highest BCUT2D eigenvalue weighted by atomic mass is 31.1. The summed E-state index contributed by atoms with van der Waals surface area (Å²) in [5, 5.41) is 0. The number of rotatable bonds is 8. The average molecular weight is 202 g/mol. The van der Waals surface area contributed by atoms with Crippen LogP contribution in [0.25, 0.3) is 0 Å². The van der Waals surface area contributed by atoms with Crippen LogP contribution in [0.5, 0.6) is 0 Å². The lowest BCUT2D eigenvalue weighted by molar-refractivity contribution is 0.676. The van der Waals surface area contributed by atoms with Crippen molar-refractivity contribution in [2.45, 2.75) is 77.5 Å². The van der Waals surface area contributed by atoms with Crippen LogP contribution in [0.15, 0.2) is 0 Å². The zero-order valence-corrected chi connectivity index (χ0v) is 10.9. The minimum absolute atomic E-state index is 1.03. The molecule has 0 bridgehead atoms. The largest absolute Gasteiger partial charge is 0.116 e. The van der Waals surface area contributed by atoms with Gasteiger partial charge in [-0.05, 0) is 37.0 Å². The highest BCUT2D eigenvalue weighted by Gasteiger charge is 2.11. The van der Waals surface area contributed by atoms with Crippen LogP contribution in [-0.2, 0) is 0 Å². The van der Waals surface area contributed by atoms with Crippen molar-refractivity contribution in [3.63, 3.8) is 0 Å². The second kappa shape index (κ2) is 9.00. The first-order valence-electron chi connectivity index (χ1n) is 6.04. The predicted octanol–water partition coefficient (Wildman–Crippen LogP) is 4.82. The van der Waals surface area contributed by atoms with E-state index < -0.39 is 0 Å². The Kier molecular flexibility index (Phi) is 9.30. The molecule has 0 fully saturated rings. The van der Waals surface area contributed by atoms with E-state index in [1.54, 1.807) is 0 Å². The van der Waals surface area contributed by atoms with E-state index in [1.807, 2.05) is 0 Å². The molecule has 0 spiro atoms. The third-order valence-electron chi connectivity index (χ3n) is 2.73. The van der Waals surface area contributed by atoms with E-state index in [1.165, 1.54) is 47.1 Å². The highest BCUT2D eigenvalue weighted by Crippen LogP contribution is 2.35. The molecule has 0 aromatic rings. The van der Waals surface area contributed by atoms with Crippen LogP contribution in [0, 0.1) is 0 Å². The van der Waals surface area contributed by atoms with E-state index in [0.717, 1.165) is 11.3 Å². The lowest BCUT2D eigenvalue weighted by Gasteiger charge is -2.21. The molecule has 0 amide bonds. The summed E-state index contributed by atoms with van der Waals surface area (Å²) in [5.74, 6) is 0. The summed E-state index contributed by atoms with van der Waals surface area (Å²) >= 11 is 0. The van der Waals surface area contributed by atoms with Crippen molar-refractivity contribution in [2.24, 2.45) is 0 Å². The third-order valence-corrected chi connectivity index (χ3v) is 5.07. The zero-order valence-electron chi connectivity index (χ0n) is 9.90. The van der Waals surface area contributed by atoms with Crippen molar-refractivity contribution < 1.29 is 0 Å². The van der Waals surface area contributed by atoms with Gasteiger partial charge in [-0.15, -0.1) is 8.58 Å². The van der Waals surface area contributed by atoms with Crippen molar-refractivity contribution in [2.75, 3.05) is 0 Å². The van der Waals surface area contributed by atoms with Crippen LogP contribution in [0.4, 0.5) is 0 Å². The van der Waals surface area contributed by atoms with Gasteiger partial charge in [0.1, 0.15) is 0 Å². The standard InChI is InChI=1S/C12H27P/c1-5-9-11(7-3)13-12(8-4)10-6-2/h11-13H,5-10H2,1-4H3. The van der Waals surface area contributed by atoms with Gasteiger partial charge < -0.3 is 0 Å². The Hall–Kier alpha value is 0.430. The molecule has 0 aromatic heterocycles. The maximum Gasteiger partial charge on any atom is -0.0237 e. The van der Waals surface area contributed by atoms with Crippen molar-refractivity contribution in [3.05, 3.63) is 0 Å². The summed E-state index contributed by atoms with van der Waals surface area (Å²) in [6, 6.07) is 0. The van der Waals surface area contributed by atoms with Crippen LogP contribution in [-0.4, -0.2) is 11.3 Å². The predicted molar refractivity (Wildman–Crippen MR) is 66.3 cm³/mol. The van der Waals surface area contributed by atoms with Crippen LogP contribution < -0.4 is 0 Å². The number of hydrogen-bond acceptors (Lipinski definition) is 0. The van der Waals surface area contributed by atoms with E-state index in [2.05, 4.69) is 27.7 Å². The van der Waals surface area contributed by atoms with Gasteiger partial charge in [-0.25, -0.2) is 0 Å². The lowest BCUT2D eigenvalue weighted by atomic mass is 10.2. The molecule has 1 heteroatoms. The molecule has 0 radical (unpaired) electrons. The van der Waals surface area contributed by atoms with Gasteiger partial charge >= 0.3 is 0 Å². The van der Waals surface area contributed by atoms with E-state index in [9.17, 15) is 0 Å². The fourth-order valence-corrected chi connectivity index (χ4v) is 3.89. The fourth-order valence-electron chi connectivity index (χ4n) is 1.84. The van der Waals surface area contributed by atoms with E-state index >= 15 is 0 Å². The molecule has 0 saturated carbocycles. The molecule has 0 rings (SSSR count). The molecule has 0 aliphatic rings. The van der Waals surface area contributed by atoms with Gasteiger partial charge in [0.15, 0.2) is 0 Å². The first kappa shape index (κ1) is 13.4. The molecule has 80 valence electrons. The van der Waals surface area contributed by atoms with Gasteiger partial charge in [-0.3, -0.25) is 0 Å². The summed E-state index contributed by atoms with van der Waals surface area (Å²) in [7, 11) is 1.23. The zero-order chi connectivity index (χ0) is 10.1. The average Bonchev–Trinajstić information content (AvgIpc) is 2.16. The third kappa shape index (κ3) is 6.49. The van der Waals surface area contributed by atoms with Crippen molar-refractivity contribution in [1.82, 2.24) is 0 Å². The fraction of sp³-hybridized carbons (Fsp3) is 1.00. The Morgan fingerprint density at radius 2 is 1.15 bits per heavy atom. The molecular weight excluding hydrogens is 175 g/mol. The SMILES string of the molecule is CCCC(CC)PC(CC)CCC. The highest BCUT2D eigenvalue weighted by molar-refractivity contribution is 7.39. The van der Waals surface area contributed by atoms with Gasteiger partial charge in [-0.2, -0.15) is 0 Å². The van der Waals surface area contributed by atoms with Gasteiger partial charge in [0, 0.05) is 0 Å². The second-order valence-corrected chi connectivity index (χ2v) is 5.92. The smallest absolute Gasteiger partial charge is 0.0237 e. The summed E-state index contributed by atoms with van der Waals surface area (Å²) in [6.07, 6.45) is 8.44. The molecule has 0 heterocycles. The molecule has 0 aliphatic heterocycles. The first-order valence-corrected chi connectivity index (χ1v) is 7.19. The molecule has 13 heavy (non-hydrogen) atoms. The molecule has 2 unspecified atom stereocenters. The summed E-state index contributed by atoms with van der Waals surface area (Å²) in [4.78, 5) is 0. The van der Waals surface area contributed by atoms with Gasteiger partial charge in [-0.1, -0.05) is 40.5 Å². The Morgan fingerprint density at radius 1 is 0.769 bits per heavy atom. The van der Waals surface area contributed by atoms with Crippen LogP contribution in [0.2, 0.25) is 0 Å². The van der Waals surface area contributed by atoms with Crippen molar-refractivity contribution >= 4 is 8.58 Å². The second-order valence-electron chi connectivity index (χ2n) is 3.95. The molecule has 0 saturated heterocycles. The van der Waals surface area contributed by atoms with Crippen molar-refractivity contribution in [1.29, 1.82) is 0 Å². The summed E-state index contributed by atoms with van der Waals surface area (Å²) in [5.41, 5.74) is 2.06. The Balaban J connectivity index is 3.73. The normalized spacial score (nSPS) is 16.6. The molecular formula is C12H27P. The van der Waals surface area contributed by atoms with E-state index in [-0.39, 0.29) is 0 Å². The Morgan fingerprint density at radius 3 is 1.38 bits per heavy atom. The maximum absolute atomic E-state index is 2.35. The maximum atomic E-state index is 2.35. The molecule has 2 atom stereocenters. The van der Waals surface area contributed by atoms with Gasteiger partial charge in [0.25, 0.3) is 0 Å².